The Balaban J connectivity index is 1.93. The quantitative estimate of drug-likeness (QED) is 0.634. The number of benzene rings is 2. The fourth-order valence-electron chi connectivity index (χ4n) is 2.82. The highest BCUT2D eigenvalue weighted by Crippen LogP contribution is 2.20. The van der Waals surface area contributed by atoms with Crippen LogP contribution in [0.25, 0.3) is 0 Å². The van der Waals surface area contributed by atoms with Crippen LogP contribution < -0.4 is 16.4 Å². The summed E-state index contributed by atoms with van der Waals surface area (Å²) in [6, 6.07) is 14.4. The van der Waals surface area contributed by atoms with Gasteiger partial charge in [0.15, 0.2) is 0 Å². The van der Waals surface area contributed by atoms with Crippen molar-refractivity contribution < 1.29 is 14.3 Å². The Morgan fingerprint density at radius 3 is 2.37 bits per heavy atom. The molecule has 1 atom stereocenters. The second-order valence-electron chi connectivity index (χ2n) is 6.35. The predicted molar refractivity (Wildman–Crippen MR) is 105 cm³/mol. The lowest BCUT2D eigenvalue weighted by Crippen LogP contribution is -2.36. The smallest absolute Gasteiger partial charge is 0.312 e. The van der Waals surface area contributed by atoms with Crippen LogP contribution in [-0.4, -0.2) is 18.5 Å². The van der Waals surface area contributed by atoms with Crippen molar-refractivity contribution in [2.45, 2.75) is 39.5 Å². The molecule has 3 amide bonds. The molecule has 0 saturated carbocycles. The maximum atomic E-state index is 12.4. The summed E-state index contributed by atoms with van der Waals surface area (Å²) in [5.74, 6) is -0.157. The lowest BCUT2D eigenvalue weighted by atomic mass is 9.98. The van der Waals surface area contributed by atoms with E-state index in [1.54, 1.807) is 0 Å². The second-order valence-corrected chi connectivity index (χ2v) is 6.35. The van der Waals surface area contributed by atoms with Crippen LogP contribution in [0.15, 0.2) is 48.5 Å². The Kier molecular flexibility index (Phi) is 7.82. The molecule has 2 rings (SSSR count). The molecule has 0 fully saturated rings. The summed E-state index contributed by atoms with van der Waals surface area (Å²) >= 11 is 0. The number of nitrogens with one attached hydrogen (secondary N) is 2. The van der Waals surface area contributed by atoms with Gasteiger partial charge in [-0.25, -0.2) is 4.79 Å². The number of carbonyl (C=O) groups is 2. The fraction of sp³-hybridized carbons (Fsp3) is 0.333. The molecule has 0 aliphatic carbocycles. The second kappa shape index (κ2) is 10.3. The molecule has 0 spiro atoms. The SMILES string of the molecule is CCOCc1ccc(CNC(=O)CC(NC(N)=O)c2ccccc2C)cc1. The molecule has 4 N–H and O–H groups in total. The third-order valence-corrected chi connectivity index (χ3v) is 4.26. The fourth-order valence-corrected chi connectivity index (χ4v) is 2.82. The van der Waals surface area contributed by atoms with E-state index in [1.165, 1.54) is 0 Å². The number of rotatable bonds is 9. The van der Waals surface area contributed by atoms with Crippen LogP contribution in [0, 0.1) is 6.92 Å². The summed E-state index contributed by atoms with van der Waals surface area (Å²) in [7, 11) is 0. The summed E-state index contributed by atoms with van der Waals surface area (Å²) in [6.45, 7) is 5.58. The Hall–Kier alpha value is -2.86. The van der Waals surface area contributed by atoms with Gasteiger partial charge in [0.05, 0.1) is 19.1 Å². The molecule has 27 heavy (non-hydrogen) atoms. The average Bonchev–Trinajstić information content (AvgIpc) is 2.65. The van der Waals surface area contributed by atoms with E-state index < -0.39 is 12.1 Å². The lowest BCUT2D eigenvalue weighted by Gasteiger charge is -2.19. The van der Waals surface area contributed by atoms with Crippen molar-refractivity contribution in [3.8, 4) is 0 Å². The molecule has 144 valence electrons. The van der Waals surface area contributed by atoms with Crippen molar-refractivity contribution >= 4 is 11.9 Å². The van der Waals surface area contributed by atoms with Crippen molar-refractivity contribution in [2.24, 2.45) is 5.73 Å². The van der Waals surface area contributed by atoms with Crippen LogP contribution in [0.4, 0.5) is 4.79 Å². The van der Waals surface area contributed by atoms with E-state index in [4.69, 9.17) is 10.5 Å². The monoisotopic (exact) mass is 369 g/mol. The number of hydrogen-bond acceptors (Lipinski definition) is 3. The number of nitrogens with two attached hydrogens (primary N) is 1. The highest BCUT2D eigenvalue weighted by atomic mass is 16.5. The first kappa shape index (κ1) is 20.5. The maximum Gasteiger partial charge on any atom is 0.312 e. The lowest BCUT2D eigenvalue weighted by molar-refractivity contribution is -0.121. The first-order valence-electron chi connectivity index (χ1n) is 9.03. The minimum atomic E-state index is -0.652. The molecule has 2 aromatic carbocycles. The third kappa shape index (κ3) is 6.75. The molecule has 6 heteroatoms. The van der Waals surface area contributed by atoms with Crippen LogP contribution in [0.2, 0.25) is 0 Å². The van der Waals surface area contributed by atoms with Gasteiger partial charge in [0.2, 0.25) is 5.91 Å². The van der Waals surface area contributed by atoms with Crippen LogP contribution in [-0.2, 0) is 22.7 Å². The minimum Gasteiger partial charge on any atom is -0.377 e. The van der Waals surface area contributed by atoms with Gasteiger partial charge in [-0.1, -0.05) is 48.5 Å². The largest absolute Gasteiger partial charge is 0.377 e. The van der Waals surface area contributed by atoms with Crippen molar-refractivity contribution in [2.75, 3.05) is 6.61 Å². The van der Waals surface area contributed by atoms with Gasteiger partial charge in [0.25, 0.3) is 0 Å². The maximum absolute atomic E-state index is 12.4. The van der Waals surface area contributed by atoms with Gasteiger partial charge in [0, 0.05) is 13.2 Å². The van der Waals surface area contributed by atoms with Crippen molar-refractivity contribution in [1.82, 2.24) is 10.6 Å². The molecule has 0 aliphatic rings. The van der Waals surface area contributed by atoms with Gasteiger partial charge in [0.1, 0.15) is 0 Å². The van der Waals surface area contributed by atoms with E-state index in [1.807, 2.05) is 62.4 Å². The zero-order valence-corrected chi connectivity index (χ0v) is 15.8. The van der Waals surface area contributed by atoms with Gasteiger partial charge < -0.3 is 21.1 Å². The highest BCUT2D eigenvalue weighted by Gasteiger charge is 2.18. The molecule has 2 aromatic rings. The Morgan fingerprint density at radius 2 is 1.74 bits per heavy atom. The molecule has 0 aromatic heterocycles. The topological polar surface area (TPSA) is 93.4 Å². The minimum absolute atomic E-state index is 0.121. The Morgan fingerprint density at radius 1 is 1.07 bits per heavy atom. The molecule has 0 aliphatic heterocycles. The molecule has 0 bridgehead atoms. The zero-order chi connectivity index (χ0) is 19.6. The van der Waals surface area contributed by atoms with Crippen LogP contribution in [0.3, 0.4) is 0 Å². The Bertz CT molecular complexity index is 760. The van der Waals surface area contributed by atoms with Gasteiger partial charge in [-0.2, -0.15) is 0 Å². The van der Waals surface area contributed by atoms with Crippen LogP contribution in [0.5, 0.6) is 0 Å². The van der Waals surface area contributed by atoms with Crippen molar-refractivity contribution in [3.63, 3.8) is 0 Å². The summed E-state index contributed by atoms with van der Waals surface area (Å²) in [5, 5.41) is 5.55. The number of urea groups is 1. The highest BCUT2D eigenvalue weighted by molar-refractivity contribution is 5.78. The zero-order valence-electron chi connectivity index (χ0n) is 15.8. The molecule has 0 heterocycles. The molecule has 0 saturated heterocycles. The van der Waals surface area contributed by atoms with Crippen LogP contribution in [0.1, 0.15) is 41.6 Å². The van der Waals surface area contributed by atoms with E-state index in [-0.39, 0.29) is 12.3 Å². The number of hydrogen-bond donors (Lipinski definition) is 3. The molecule has 6 nitrogen and oxygen atoms in total. The van der Waals surface area contributed by atoms with E-state index in [0.29, 0.717) is 19.8 Å². The number of aryl methyl sites for hydroxylation is 1. The number of primary amides is 1. The Labute approximate surface area is 160 Å². The number of amides is 3. The van der Waals surface area contributed by atoms with E-state index in [0.717, 1.165) is 22.3 Å². The third-order valence-electron chi connectivity index (χ3n) is 4.26. The summed E-state index contributed by atoms with van der Waals surface area (Å²) in [4.78, 5) is 23.7. The van der Waals surface area contributed by atoms with Crippen molar-refractivity contribution in [1.29, 1.82) is 0 Å². The predicted octanol–water partition coefficient (Wildman–Crippen LogP) is 2.95. The van der Waals surface area contributed by atoms with Crippen LogP contribution >= 0.6 is 0 Å². The van der Waals surface area contributed by atoms with E-state index >= 15 is 0 Å². The summed E-state index contributed by atoms with van der Waals surface area (Å²) < 4.78 is 5.37. The summed E-state index contributed by atoms with van der Waals surface area (Å²) in [5.41, 5.74) is 9.25. The number of ether oxygens (including phenoxy) is 1. The van der Waals surface area contributed by atoms with Crippen molar-refractivity contribution in [3.05, 3.63) is 70.8 Å². The van der Waals surface area contributed by atoms with Gasteiger partial charge in [-0.05, 0) is 36.1 Å². The van der Waals surface area contributed by atoms with Gasteiger partial charge >= 0.3 is 6.03 Å². The standard InChI is InChI=1S/C21H27N3O3/c1-3-27-14-17-10-8-16(9-11-17)13-23-20(25)12-19(24-21(22)26)18-7-5-4-6-15(18)2/h4-11,19H,3,12-14H2,1-2H3,(H,23,25)(H3,22,24,26). The molecular formula is C21H27N3O3. The van der Waals surface area contributed by atoms with Gasteiger partial charge in [-0.3, -0.25) is 4.79 Å². The van der Waals surface area contributed by atoms with Gasteiger partial charge in [-0.15, -0.1) is 0 Å². The van der Waals surface area contributed by atoms with E-state index in [2.05, 4.69) is 10.6 Å². The average molecular weight is 369 g/mol. The molecular weight excluding hydrogens is 342 g/mol. The number of carbonyl (C=O) groups excluding carboxylic acids is 2. The first-order valence-corrected chi connectivity index (χ1v) is 9.03. The molecule has 0 radical (unpaired) electrons. The molecule has 1 unspecified atom stereocenters. The summed E-state index contributed by atoms with van der Waals surface area (Å²) in [6.07, 6.45) is 0.121. The first-order chi connectivity index (χ1) is 13.0. The normalized spacial score (nSPS) is 11.6. The van der Waals surface area contributed by atoms with E-state index in [9.17, 15) is 9.59 Å².